The van der Waals surface area contributed by atoms with Crippen molar-refractivity contribution in [2.45, 2.75) is 69.2 Å². The molecule has 0 amide bonds. The van der Waals surface area contributed by atoms with E-state index in [2.05, 4.69) is 4.98 Å². The van der Waals surface area contributed by atoms with Crippen molar-refractivity contribution in [2.24, 2.45) is 17.8 Å². The molecule has 46 heavy (non-hydrogen) atoms. The van der Waals surface area contributed by atoms with Crippen molar-refractivity contribution >= 4 is 49.7 Å². The molecule has 0 spiro atoms. The topological polar surface area (TPSA) is 109 Å². The fourth-order valence-corrected chi connectivity index (χ4v) is 9.24. The molecular formula is C34H33ClFN5O4S. The minimum atomic E-state index is -4.05. The molecule has 9 nitrogen and oxygen atoms in total. The van der Waals surface area contributed by atoms with Gasteiger partial charge in [0.15, 0.2) is 17.3 Å². The van der Waals surface area contributed by atoms with Crippen LogP contribution in [0.5, 0.6) is 0 Å². The fourth-order valence-electron chi connectivity index (χ4n) is 7.76. The van der Waals surface area contributed by atoms with Gasteiger partial charge in [0.25, 0.3) is 10.0 Å². The van der Waals surface area contributed by atoms with Gasteiger partial charge in [-0.15, -0.1) is 0 Å². The van der Waals surface area contributed by atoms with Crippen molar-refractivity contribution in [3.63, 3.8) is 0 Å². The Hall–Kier alpha value is -3.83. The summed E-state index contributed by atoms with van der Waals surface area (Å²) >= 11 is 6.40. The van der Waals surface area contributed by atoms with Crippen molar-refractivity contribution in [3.8, 4) is 11.4 Å². The Labute approximate surface area is 270 Å². The van der Waals surface area contributed by atoms with Gasteiger partial charge in [0.05, 0.1) is 39.6 Å². The number of hydrogen-bond donors (Lipinski definition) is 0. The summed E-state index contributed by atoms with van der Waals surface area (Å²) in [5.41, 5.74) is 2.55. The predicted molar refractivity (Wildman–Crippen MR) is 172 cm³/mol. The zero-order valence-electron chi connectivity index (χ0n) is 25.5. The van der Waals surface area contributed by atoms with E-state index in [0.717, 1.165) is 48.1 Å². The second kappa shape index (κ2) is 10.9. The zero-order valence-corrected chi connectivity index (χ0v) is 27.1. The summed E-state index contributed by atoms with van der Waals surface area (Å²) < 4.78 is 52.4. The van der Waals surface area contributed by atoms with E-state index < -0.39 is 21.8 Å². The second-order valence-corrected chi connectivity index (χ2v) is 15.2. The van der Waals surface area contributed by atoms with Crippen LogP contribution in [0.1, 0.15) is 68.7 Å². The van der Waals surface area contributed by atoms with Crippen molar-refractivity contribution in [3.05, 3.63) is 71.0 Å². The maximum Gasteiger partial charge on any atom is 0.311 e. The van der Waals surface area contributed by atoms with Gasteiger partial charge in [-0.2, -0.15) is 0 Å². The minimum absolute atomic E-state index is 0.0598. The van der Waals surface area contributed by atoms with E-state index in [9.17, 15) is 13.2 Å². The molecule has 4 aliphatic rings. The SMILES string of the molecule is CCOC(=O)[C@H]1C2CCC(CC2)[C@@H]1n1cc(F)c2c(C3CC3)nc(-c3cn(S(=O)(=O)c4ccc(C)cc4)c4ncc(Cl)cc34)nc21. The average Bonchev–Trinajstić information content (AvgIpc) is 3.75. The number of aromatic nitrogens is 5. The van der Waals surface area contributed by atoms with E-state index in [1.807, 2.05) is 11.5 Å². The second-order valence-electron chi connectivity index (χ2n) is 12.9. The molecule has 0 radical (unpaired) electrons. The first-order valence-electron chi connectivity index (χ1n) is 15.9. The Morgan fingerprint density at radius 2 is 1.74 bits per heavy atom. The lowest BCUT2D eigenvalue weighted by Gasteiger charge is -2.47. The van der Waals surface area contributed by atoms with Crippen LogP contribution in [0.15, 0.2) is 53.8 Å². The third kappa shape index (κ3) is 4.65. The van der Waals surface area contributed by atoms with Crippen molar-refractivity contribution in [1.82, 2.24) is 23.5 Å². The number of benzene rings is 1. The summed E-state index contributed by atoms with van der Waals surface area (Å²) in [5, 5.41) is 1.15. The van der Waals surface area contributed by atoms with Crippen molar-refractivity contribution < 1.29 is 22.3 Å². The highest BCUT2D eigenvalue weighted by molar-refractivity contribution is 7.90. The molecule has 2 atom stereocenters. The first kappa shape index (κ1) is 29.6. The van der Waals surface area contributed by atoms with Gasteiger partial charge in [-0.3, -0.25) is 4.79 Å². The number of pyridine rings is 1. The van der Waals surface area contributed by atoms with Crippen LogP contribution in [0.3, 0.4) is 0 Å². The fraction of sp³-hybridized carbons (Fsp3) is 0.412. The Balaban J connectivity index is 1.35. The highest BCUT2D eigenvalue weighted by atomic mass is 35.5. The number of nitrogens with zero attached hydrogens (tertiary/aromatic N) is 5. The van der Waals surface area contributed by atoms with E-state index in [0.29, 0.717) is 32.7 Å². The number of esters is 1. The molecule has 238 valence electrons. The van der Waals surface area contributed by atoms with Gasteiger partial charge in [0.1, 0.15) is 5.65 Å². The number of aryl methyl sites for hydroxylation is 1. The molecule has 0 N–H and O–H groups in total. The van der Waals surface area contributed by atoms with Crippen LogP contribution >= 0.6 is 11.6 Å². The molecule has 4 fully saturated rings. The first-order chi connectivity index (χ1) is 22.2. The number of hydrogen-bond acceptors (Lipinski definition) is 7. The van der Waals surface area contributed by atoms with Crippen LogP contribution in [0.4, 0.5) is 4.39 Å². The summed E-state index contributed by atoms with van der Waals surface area (Å²) in [4.78, 5) is 27.8. The molecule has 4 saturated carbocycles. The number of fused-ring (bicyclic) bond motifs is 5. The van der Waals surface area contributed by atoms with Crippen molar-refractivity contribution in [2.75, 3.05) is 6.61 Å². The third-order valence-electron chi connectivity index (χ3n) is 10.1. The largest absolute Gasteiger partial charge is 0.466 e. The van der Waals surface area contributed by atoms with Crippen LogP contribution in [-0.2, 0) is 19.6 Å². The Morgan fingerprint density at radius 1 is 1.02 bits per heavy atom. The molecule has 0 unspecified atom stereocenters. The van der Waals surface area contributed by atoms with E-state index in [-0.39, 0.29) is 52.7 Å². The number of rotatable bonds is 7. The van der Waals surface area contributed by atoms with Gasteiger partial charge in [0.2, 0.25) is 0 Å². The quantitative estimate of drug-likeness (QED) is 0.170. The lowest BCUT2D eigenvalue weighted by atomic mass is 9.61. The van der Waals surface area contributed by atoms with Gasteiger partial charge in [-0.25, -0.2) is 31.7 Å². The summed E-state index contributed by atoms with van der Waals surface area (Å²) in [6.45, 7) is 3.97. The van der Waals surface area contributed by atoms with Gasteiger partial charge in [-0.1, -0.05) is 29.3 Å². The van der Waals surface area contributed by atoms with Gasteiger partial charge in [-0.05, 0) is 82.4 Å². The number of halogens is 2. The average molecular weight is 662 g/mol. The molecule has 5 aromatic rings. The monoisotopic (exact) mass is 661 g/mol. The van der Waals surface area contributed by atoms with Gasteiger partial charge < -0.3 is 9.30 Å². The minimum Gasteiger partial charge on any atom is -0.466 e. The summed E-state index contributed by atoms with van der Waals surface area (Å²) in [7, 11) is -4.05. The normalized spacial score (nSPS) is 23.0. The Bertz CT molecular complexity index is 2130. The molecule has 1 aromatic carbocycles. The van der Waals surface area contributed by atoms with Gasteiger partial charge in [0, 0.05) is 35.5 Å². The lowest BCUT2D eigenvalue weighted by Crippen LogP contribution is -2.45. The number of carbonyl (C=O) groups excluding carboxylic acids is 1. The molecule has 12 heteroatoms. The maximum atomic E-state index is 16.0. The van der Waals surface area contributed by atoms with E-state index in [1.165, 1.54) is 18.6 Å². The summed E-state index contributed by atoms with van der Waals surface area (Å²) in [6, 6.07) is 7.97. The Kier molecular flexibility index (Phi) is 6.99. The Morgan fingerprint density at radius 3 is 2.43 bits per heavy atom. The molecular weight excluding hydrogens is 629 g/mol. The zero-order chi connectivity index (χ0) is 31.9. The van der Waals surface area contributed by atoms with Crippen LogP contribution in [-0.4, -0.2) is 44.5 Å². The highest BCUT2D eigenvalue weighted by Gasteiger charge is 2.49. The smallest absolute Gasteiger partial charge is 0.311 e. The molecule has 0 aliphatic heterocycles. The van der Waals surface area contributed by atoms with Crippen LogP contribution in [0.25, 0.3) is 33.5 Å². The van der Waals surface area contributed by atoms with Crippen molar-refractivity contribution in [1.29, 1.82) is 0 Å². The third-order valence-corrected chi connectivity index (χ3v) is 11.9. The van der Waals surface area contributed by atoms with Gasteiger partial charge >= 0.3 is 5.97 Å². The molecule has 2 bridgehead atoms. The number of carbonyl (C=O) groups is 1. The molecule has 0 saturated heterocycles. The number of ether oxygens (including phenoxy) is 1. The lowest BCUT2D eigenvalue weighted by molar-refractivity contribution is -0.157. The summed E-state index contributed by atoms with van der Waals surface area (Å²) in [5.74, 6) is -0.389. The molecule has 4 heterocycles. The highest BCUT2D eigenvalue weighted by Crippen LogP contribution is 2.53. The molecule has 4 aliphatic carbocycles. The van der Waals surface area contributed by atoms with E-state index in [1.54, 1.807) is 37.3 Å². The van der Waals surface area contributed by atoms with E-state index >= 15 is 4.39 Å². The first-order valence-corrected chi connectivity index (χ1v) is 17.7. The molecule has 4 aromatic heterocycles. The van der Waals surface area contributed by atoms with Crippen LogP contribution < -0.4 is 0 Å². The maximum absolute atomic E-state index is 16.0. The molecule has 9 rings (SSSR count). The standard InChI is InChI=1S/C34H33ClFN5O4S/c1-3-45-34(42)27-19-6-10-21(11-7-19)30(27)40-17-26(36)28-29(20-8-9-20)38-31(39-33(28)40)25-16-41(32-24(25)14-22(35)15-37-32)46(43,44)23-12-4-18(2)5-13-23/h4-5,12-17,19-21,27,30H,3,6-11H2,1-2H3/t19?,21?,27-,30-/m0/s1. The van der Waals surface area contributed by atoms with E-state index in [4.69, 9.17) is 26.3 Å². The van der Waals surface area contributed by atoms with Crippen LogP contribution in [0.2, 0.25) is 5.02 Å². The predicted octanol–water partition coefficient (Wildman–Crippen LogP) is 7.20. The van der Waals surface area contributed by atoms with Crippen LogP contribution in [0, 0.1) is 30.5 Å². The summed E-state index contributed by atoms with van der Waals surface area (Å²) in [6.07, 6.45) is 9.90.